The molecule has 4 heterocycles. The highest BCUT2D eigenvalue weighted by Gasteiger charge is 2.48. The Morgan fingerprint density at radius 1 is 0.489 bits per heavy atom. The number of phenolic OH excluding ortho intramolecular Hbond substituents is 2. The number of benzene rings is 6. The summed E-state index contributed by atoms with van der Waals surface area (Å²) in [5.74, 6) is -22.2. The lowest BCUT2D eigenvalue weighted by Crippen LogP contribution is -2.62. The molecule has 15 amide bonds. The number of primary amides is 1. The molecule has 0 saturated carbocycles. The van der Waals surface area contributed by atoms with Crippen LogP contribution in [0.2, 0.25) is 0 Å². The largest absolute Gasteiger partial charge is 0.508 e. The van der Waals surface area contributed by atoms with Crippen LogP contribution >= 0.6 is 11.8 Å². The number of rotatable bonds is 23. The molecule has 40 heteroatoms. The Balaban J connectivity index is 1.07. The summed E-state index contributed by atoms with van der Waals surface area (Å²) in [6.07, 6.45) is -5.16. The molecule has 0 unspecified atom stereocenters. The minimum Gasteiger partial charge on any atom is -0.508 e. The fraction of sp³-hybridized carbons (Fsp3) is 0.443. The smallest absolute Gasteiger partial charge is 0.305 e. The van der Waals surface area contributed by atoms with Crippen LogP contribution < -0.4 is 53.6 Å². The van der Waals surface area contributed by atoms with E-state index < -0.39 is 266 Å². The summed E-state index contributed by atoms with van der Waals surface area (Å²) in [5, 5.41) is 78.7. The Hall–Kier alpha value is -13.9. The number of aromatic nitrogens is 1. The number of likely N-dealkylation sites (N-methyl/N-ethyl adjacent to an activating group) is 3. The van der Waals surface area contributed by atoms with E-state index in [2.05, 4.69) is 52.8 Å². The number of aromatic hydroxyl groups is 2. The molecule has 137 heavy (non-hydrogen) atoms. The summed E-state index contributed by atoms with van der Waals surface area (Å²) in [7, 11) is 3.74. The molecular weight excluding hydrogens is 1800 g/mol. The Labute approximate surface area is 794 Å². The van der Waals surface area contributed by atoms with E-state index in [1.807, 2.05) is 0 Å². The number of aliphatic hydroxyl groups excluding tert-OH is 2. The molecule has 0 spiro atoms. The molecule has 10 rings (SSSR count). The molecule has 37 nitrogen and oxygen atoms in total. The van der Waals surface area contributed by atoms with Gasteiger partial charge in [-0.05, 0) is 101 Å². The van der Waals surface area contributed by atoms with Gasteiger partial charge in [0.15, 0.2) is 11.6 Å². The summed E-state index contributed by atoms with van der Waals surface area (Å²) < 4.78 is 29.9. The molecule has 0 radical (unpaired) electrons. The number of nitrogens with one attached hydrogen (secondary N) is 10. The highest BCUT2D eigenvalue weighted by molar-refractivity contribution is 8.00. The van der Waals surface area contributed by atoms with Crippen LogP contribution in [0.4, 0.5) is 8.78 Å². The van der Waals surface area contributed by atoms with E-state index in [1.165, 1.54) is 83.5 Å². The number of nitrogens with two attached hydrogens (primary N) is 1. The van der Waals surface area contributed by atoms with Crippen molar-refractivity contribution in [3.05, 3.63) is 203 Å². The first-order valence-electron chi connectivity index (χ1n) is 45.3. The maximum atomic E-state index is 15.8. The molecule has 734 valence electrons. The number of carboxylic acids is 1. The van der Waals surface area contributed by atoms with Crippen molar-refractivity contribution in [1.82, 2.24) is 77.3 Å². The highest BCUT2D eigenvalue weighted by Crippen LogP contribution is 2.29. The molecule has 3 saturated heterocycles. The van der Waals surface area contributed by atoms with Gasteiger partial charge in [-0.1, -0.05) is 157 Å². The van der Waals surface area contributed by atoms with E-state index in [4.69, 9.17) is 5.73 Å². The summed E-state index contributed by atoms with van der Waals surface area (Å²) in [4.78, 5) is 247. The van der Waals surface area contributed by atoms with Crippen molar-refractivity contribution in [3.8, 4) is 11.5 Å². The molecule has 0 bridgehead atoms. The predicted molar refractivity (Wildman–Crippen MR) is 499 cm³/mol. The van der Waals surface area contributed by atoms with Crippen LogP contribution in [0.1, 0.15) is 113 Å². The van der Waals surface area contributed by atoms with Gasteiger partial charge in [0, 0.05) is 108 Å². The maximum Gasteiger partial charge on any atom is 0.305 e. The number of thioether (sulfide) groups is 1. The second-order valence-corrected chi connectivity index (χ2v) is 36.6. The number of carbonyl (C=O) groups is 16. The number of aliphatic hydroxyl groups is 2. The van der Waals surface area contributed by atoms with Crippen molar-refractivity contribution in [1.29, 1.82) is 0 Å². The minimum atomic E-state index is -2.04. The van der Waals surface area contributed by atoms with Crippen LogP contribution in [0.25, 0.3) is 10.9 Å². The number of amides is 15. The SMILES string of the molecule is CCCC[C@H]1C(=O)N2C[C@@H](O)C[C@@H]2C(=O)N[C@@H](CC(=O)O)C(=O)N[C@@H](C(C)C)C(=O)N(C)[C@H](Cc2ccccc2)C(=O)N[C@@H](Cc2ccc(O)cc2)C(=O)N2C[C@@H](O)C[C@@H]2C(=O)N[C@@H](Cc2c[nH]c3ccccc23)C(=O)N[C@@H](Cc2ccc(O)cc2)C(=O)N[C@@H](CC(C)C)C(=O)N[C@H](C(=O)NCC(N)=O)CSCC(=O)N[C@@H](Cc2ccc(F)c(F)c2)C(=O)N(C)[C@@H](Cc2ccccc2)C(=O)N1C. The van der Waals surface area contributed by atoms with E-state index in [0.29, 0.717) is 56.9 Å². The maximum absolute atomic E-state index is 15.8. The number of H-pyrrole nitrogens is 1. The number of fused-ring (bicyclic) bond motifs is 3. The molecule has 6 aromatic carbocycles. The topological polar surface area (TPSA) is 541 Å². The third-order valence-electron chi connectivity index (χ3n) is 24.4. The molecule has 1 aromatic heterocycles. The van der Waals surface area contributed by atoms with Gasteiger partial charge < -0.3 is 109 Å². The summed E-state index contributed by atoms with van der Waals surface area (Å²) in [5.41, 5.74) is 8.11. The van der Waals surface area contributed by atoms with Gasteiger partial charge in [0.25, 0.3) is 0 Å². The number of aliphatic carboxylic acids is 1. The predicted octanol–water partition coefficient (Wildman–Crippen LogP) is 1.61. The number of para-hydroxylation sites is 1. The van der Waals surface area contributed by atoms with E-state index in [9.17, 15) is 58.7 Å². The van der Waals surface area contributed by atoms with Gasteiger partial charge in [-0.2, -0.15) is 0 Å². The number of halogens is 2. The van der Waals surface area contributed by atoms with Crippen LogP contribution in [0, 0.1) is 23.5 Å². The quantitative estimate of drug-likeness (QED) is 0.0432. The normalized spacial score (nSPS) is 24.3. The number of hydrogen-bond donors (Lipinski definition) is 16. The van der Waals surface area contributed by atoms with Gasteiger partial charge in [-0.3, -0.25) is 76.7 Å². The third kappa shape index (κ3) is 29.1. The fourth-order valence-corrected chi connectivity index (χ4v) is 17.8. The zero-order chi connectivity index (χ0) is 99.8. The van der Waals surface area contributed by atoms with E-state index in [1.54, 1.807) is 112 Å². The Morgan fingerprint density at radius 3 is 1.53 bits per heavy atom. The van der Waals surface area contributed by atoms with Crippen LogP contribution in [-0.2, 0) is 115 Å². The van der Waals surface area contributed by atoms with Crippen LogP contribution in [-0.4, -0.2) is 293 Å². The number of phenols is 2. The molecule has 3 aliphatic heterocycles. The first kappa shape index (κ1) is 105. The van der Waals surface area contributed by atoms with Gasteiger partial charge in [0.05, 0.1) is 30.9 Å². The van der Waals surface area contributed by atoms with Crippen molar-refractivity contribution < 1.29 is 111 Å². The lowest BCUT2D eigenvalue weighted by Gasteiger charge is -2.38. The van der Waals surface area contributed by atoms with Crippen molar-refractivity contribution >= 4 is 117 Å². The first-order valence-corrected chi connectivity index (χ1v) is 46.5. The molecule has 7 aromatic rings. The number of carboxylic acid groups (broad SMARTS) is 1. The van der Waals surface area contributed by atoms with E-state index in [0.717, 1.165) is 42.7 Å². The van der Waals surface area contributed by atoms with Gasteiger partial charge in [0.1, 0.15) is 90.0 Å². The average molecular weight is 1920 g/mol. The number of nitrogens with zero attached hydrogens (tertiary/aromatic N) is 5. The van der Waals surface area contributed by atoms with Crippen molar-refractivity contribution in [2.45, 2.75) is 209 Å². The Kier molecular flexibility index (Phi) is 37.6. The second kappa shape index (κ2) is 49.0. The standard InChI is InChI=1S/C97H120F2N16O21S/c1-9-10-25-76-96(135)115-50-64(119)45-79(115)92(131)107-72(46-83(122)123)89(128)110-84(54(4)5)97(136)112(7)77(41-55-19-13-11-14-20-55)90(129)108-74(39-58-28-33-62(117)34-29-58)94(133)114-49-63(118)44-78(114)91(130)106-71(43-60-47-101-68-24-18-17-23-65(60)68)88(127)105-70(38-57-26-31-61(116)32-27-57)87(126)104-69(36-53(2)3)86(125)109-75(85(124)102-48-81(100)120)51-137-52-82(121)103-73(40-59-30-35-66(98)67(99)37-59)93(132)113(8)80(95(134)111(76)6)42-56-21-15-12-16-22-56/h11-24,26-35,37,47,53-54,63-64,69-80,84,101,116-119H,9-10,25,36,38-46,48-52H2,1-8H3,(H2,100,120)(H,102,124)(H,103,121)(H,104,126)(H,105,127)(H,106,130)(H,107,131)(H,108,129)(H,109,125)(H,110,128)(H,122,123)/t63-,64-,69-,70-,71-,72-,73-,74-,75-,76-,77+,78+,79+,80-,84-/m0/s1. The minimum absolute atomic E-state index is 0.0292. The van der Waals surface area contributed by atoms with E-state index >= 15 is 52.3 Å². The van der Waals surface area contributed by atoms with Crippen molar-refractivity contribution in [3.63, 3.8) is 0 Å². The Bertz CT molecular complexity index is 5490. The zero-order valence-electron chi connectivity index (χ0n) is 77.3. The lowest BCUT2D eigenvalue weighted by atomic mass is 9.98. The van der Waals surface area contributed by atoms with Gasteiger partial charge in [0.2, 0.25) is 88.6 Å². The molecular formula is C97H120F2N16O21S. The van der Waals surface area contributed by atoms with Gasteiger partial charge in [-0.15, -0.1) is 11.8 Å². The number of aromatic amines is 1. The van der Waals surface area contributed by atoms with Crippen LogP contribution in [0.3, 0.4) is 0 Å². The molecule has 15 atom stereocenters. The summed E-state index contributed by atoms with van der Waals surface area (Å²) >= 11 is 0.707. The lowest BCUT2D eigenvalue weighted by molar-refractivity contribution is -0.152. The molecule has 3 fully saturated rings. The summed E-state index contributed by atoms with van der Waals surface area (Å²) in [6.45, 7) is 6.40. The molecule has 0 aliphatic carbocycles. The molecule has 17 N–H and O–H groups in total. The number of unbranched alkanes of at least 4 members (excludes halogenated alkanes) is 1. The Morgan fingerprint density at radius 2 is 0.964 bits per heavy atom. The van der Waals surface area contributed by atoms with Gasteiger partial charge in [-0.25, -0.2) is 8.78 Å². The zero-order valence-corrected chi connectivity index (χ0v) is 78.1. The van der Waals surface area contributed by atoms with Gasteiger partial charge >= 0.3 is 5.97 Å². The first-order chi connectivity index (χ1) is 65.1. The number of carbonyl (C=O) groups excluding carboxylic acids is 15. The summed E-state index contributed by atoms with van der Waals surface area (Å²) in [6, 6.07) is 15.6. The second-order valence-electron chi connectivity index (χ2n) is 35.6. The van der Waals surface area contributed by atoms with Crippen LogP contribution in [0.5, 0.6) is 11.5 Å². The van der Waals surface area contributed by atoms with E-state index in [-0.39, 0.29) is 68.4 Å². The molecule has 3 aliphatic rings. The monoisotopic (exact) mass is 1910 g/mol. The van der Waals surface area contributed by atoms with Crippen molar-refractivity contribution in [2.24, 2.45) is 17.6 Å². The fourth-order valence-electron chi connectivity index (χ4n) is 17.0. The average Bonchev–Trinajstić information content (AvgIpc) is 1.72. The highest BCUT2D eigenvalue weighted by atomic mass is 32.2. The number of hydrogen-bond acceptors (Lipinski definition) is 21. The van der Waals surface area contributed by atoms with Crippen LogP contribution in [0.15, 0.2) is 158 Å². The van der Waals surface area contributed by atoms with Crippen molar-refractivity contribution in [2.75, 3.05) is 52.3 Å². The third-order valence-corrected chi connectivity index (χ3v) is 25.4.